The van der Waals surface area contributed by atoms with Crippen LogP contribution < -0.4 is 16.4 Å². The summed E-state index contributed by atoms with van der Waals surface area (Å²) in [5.74, 6) is -1.57. The number of primary amides is 1. The van der Waals surface area contributed by atoms with Crippen LogP contribution in [0.4, 0.5) is 0 Å². The van der Waals surface area contributed by atoms with Gasteiger partial charge >= 0.3 is 0 Å². The van der Waals surface area contributed by atoms with Gasteiger partial charge in [-0.15, -0.1) is 0 Å². The maximum atomic E-state index is 13.1. The van der Waals surface area contributed by atoms with Crippen molar-refractivity contribution in [1.29, 1.82) is 0 Å². The minimum absolute atomic E-state index is 0.258. The maximum absolute atomic E-state index is 13.1. The third kappa shape index (κ3) is 5.55. The molecule has 7 heteroatoms. The molecule has 1 heterocycles. The van der Waals surface area contributed by atoms with E-state index in [0.717, 1.165) is 29.3 Å². The number of rotatable bonds is 7. The van der Waals surface area contributed by atoms with E-state index in [1.165, 1.54) is 0 Å². The molecular weight excluding hydrogens is 416 g/mol. The summed E-state index contributed by atoms with van der Waals surface area (Å²) in [4.78, 5) is 42.5. The van der Waals surface area contributed by atoms with Crippen LogP contribution in [0.1, 0.15) is 41.7 Å². The second kappa shape index (κ2) is 10.3. The number of nitrogens with one attached hydrogen (secondary N) is 2. The molecule has 1 aliphatic rings. The van der Waals surface area contributed by atoms with Crippen LogP contribution >= 0.6 is 0 Å². The Labute approximate surface area is 192 Å². The van der Waals surface area contributed by atoms with Crippen molar-refractivity contribution in [3.8, 4) is 0 Å². The van der Waals surface area contributed by atoms with Gasteiger partial charge in [0.1, 0.15) is 11.7 Å². The molecule has 4 rings (SSSR count). The van der Waals surface area contributed by atoms with Gasteiger partial charge in [-0.25, -0.2) is 4.98 Å². The SMILES string of the molecule is NC(=O)[C@H](Cc1ccccc1)NC(=O)[C@@H]1CCCC[C@@H]1NC(=O)c1ccc2ccccc2n1. The van der Waals surface area contributed by atoms with Crippen LogP contribution in [-0.2, 0) is 16.0 Å². The Morgan fingerprint density at radius 3 is 2.45 bits per heavy atom. The number of carbonyl (C=O) groups excluding carboxylic acids is 3. The number of aromatic nitrogens is 1. The zero-order chi connectivity index (χ0) is 23.2. The van der Waals surface area contributed by atoms with E-state index < -0.39 is 17.9 Å². The van der Waals surface area contributed by atoms with Crippen LogP contribution in [0.25, 0.3) is 10.9 Å². The van der Waals surface area contributed by atoms with Gasteiger partial charge in [0.15, 0.2) is 0 Å². The standard InChI is InChI=1S/C26H28N4O3/c27-24(31)23(16-17-8-2-1-3-9-17)30-25(32)19-11-5-7-13-21(19)29-26(33)22-15-14-18-10-4-6-12-20(18)28-22/h1-4,6,8-10,12,14-15,19,21,23H,5,7,11,13,16H2,(H2,27,31)(H,29,33)(H,30,32)/t19-,21+,23+/m1/s1. The topological polar surface area (TPSA) is 114 Å². The van der Waals surface area contributed by atoms with Gasteiger partial charge in [-0.1, -0.05) is 67.4 Å². The Balaban J connectivity index is 1.44. The van der Waals surface area contributed by atoms with E-state index >= 15 is 0 Å². The number of nitrogens with zero attached hydrogens (tertiary/aromatic N) is 1. The first-order valence-corrected chi connectivity index (χ1v) is 11.3. The fourth-order valence-corrected chi connectivity index (χ4v) is 4.40. The van der Waals surface area contributed by atoms with Crippen molar-refractivity contribution >= 4 is 28.6 Å². The van der Waals surface area contributed by atoms with Gasteiger partial charge in [-0.2, -0.15) is 0 Å². The fourth-order valence-electron chi connectivity index (χ4n) is 4.40. The zero-order valence-corrected chi connectivity index (χ0v) is 18.4. The predicted octanol–water partition coefficient (Wildman–Crippen LogP) is 2.74. The lowest BCUT2D eigenvalue weighted by molar-refractivity contribution is -0.131. The first-order chi connectivity index (χ1) is 16.0. The van der Waals surface area contributed by atoms with E-state index in [9.17, 15) is 14.4 Å². The number of amides is 3. The number of carbonyl (C=O) groups is 3. The quantitative estimate of drug-likeness (QED) is 0.520. The summed E-state index contributed by atoms with van der Waals surface area (Å²) in [6.45, 7) is 0. The number of hydrogen-bond acceptors (Lipinski definition) is 4. The highest BCUT2D eigenvalue weighted by atomic mass is 16.2. The smallest absolute Gasteiger partial charge is 0.270 e. The molecule has 1 aliphatic carbocycles. The summed E-state index contributed by atoms with van der Waals surface area (Å²) in [5.41, 5.74) is 7.54. The first kappa shape index (κ1) is 22.5. The Morgan fingerprint density at radius 1 is 0.939 bits per heavy atom. The highest BCUT2D eigenvalue weighted by Gasteiger charge is 2.34. The van der Waals surface area contributed by atoms with Gasteiger partial charge in [0.2, 0.25) is 11.8 Å². The van der Waals surface area contributed by atoms with Crippen molar-refractivity contribution in [2.45, 2.75) is 44.2 Å². The molecule has 170 valence electrons. The third-order valence-corrected chi connectivity index (χ3v) is 6.19. The number of nitrogens with two attached hydrogens (primary N) is 1. The van der Waals surface area contributed by atoms with Gasteiger partial charge < -0.3 is 16.4 Å². The van der Waals surface area contributed by atoms with E-state index in [4.69, 9.17) is 5.73 Å². The highest BCUT2D eigenvalue weighted by Crippen LogP contribution is 2.25. The number of fused-ring (bicyclic) bond motifs is 1. The Morgan fingerprint density at radius 2 is 1.67 bits per heavy atom. The minimum Gasteiger partial charge on any atom is -0.368 e. The van der Waals surface area contributed by atoms with Gasteiger partial charge in [0, 0.05) is 17.8 Å². The van der Waals surface area contributed by atoms with E-state index in [2.05, 4.69) is 15.6 Å². The predicted molar refractivity (Wildman–Crippen MR) is 126 cm³/mol. The van der Waals surface area contributed by atoms with Crippen molar-refractivity contribution < 1.29 is 14.4 Å². The summed E-state index contributed by atoms with van der Waals surface area (Å²) in [5, 5.41) is 6.78. The van der Waals surface area contributed by atoms with Gasteiger partial charge in [0.25, 0.3) is 5.91 Å². The number of benzene rings is 2. The van der Waals surface area contributed by atoms with Crippen molar-refractivity contribution in [3.63, 3.8) is 0 Å². The molecule has 0 spiro atoms. The highest BCUT2D eigenvalue weighted by molar-refractivity contribution is 5.95. The van der Waals surface area contributed by atoms with Gasteiger partial charge in [-0.3, -0.25) is 14.4 Å². The lowest BCUT2D eigenvalue weighted by Gasteiger charge is -2.32. The Hall–Kier alpha value is -3.74. The molecule has 0 aliphatic heterocycles. The lowest BCUT2D eigenvalue weighted by atomic mass is 9.83. The first-order valence-electron chi connectivity index (χ1n) is 11.3. The number of para-hydroxylation sites is 1. The largest absolute Gasteiger partial charge is 0.368 e. The van der Waals surface area contributed by atoms with E-state index in [1.54, 1.807) is 6.07 Å². The second-order valence-electron chi connectivity index (χ2n) is 8.51. The minimum atomic E-state index is -0.805. The normalized spacial score (nSPS) is 18.9. The summed E-state index contributed by atoms with van der Waals surface area (Å²) in [6, 6.07) is 19.5. The third-order valence-electron chi connectivity index (χ3n) is 6.19. The molecule has 3 amide bonds. The number of hydrogen-bond donors (Lipinski definition) is 3. The summed E-state index contributed by atoms with van der Waals surface area (Å²) < 4.78 is 0. The molecule has 2 aromatic carbocycles. The van der Waals surface area contributed by atoms with Gasteiger partial charge in [0.05, 0.1) is 11.4 Å². The molecule has 7 nitrogen and oxygen atoms in total. The van der Waals surface area contributed by atoms with Crippen molar-refractivity contribution in [1.82, 2.24) is 15.6 Å². The molecule has 33 heavy (non-hydrogen) atoms. The van der Waals surface area contributed by atoms with Crippen molar-refractivity contribution in [2.75, 3.05) is 0 Å². The van der Waals surface area contributed by atoms with Crippen LogP contribution in [0, 0.1) is 5.92 Å². The average molecular weight is 445 g/mol. The van der Waals surface area contributed by atoms with Crippen molar-refractivity contribution in [2.24, 2.45) is 11.7 Å². The molecule has 3 aromatic rings. The number of pyridine rings is 1. The maximum Gasteiger partial charge on any atom is 0.270 e. The van der Waals surface area contributed by atoms with Crippen LogP contribution in [0.2, 0.25) is 0 Å². The monoisotopic (exact) mass is 444 g/mol. The second-order valence-corrected chi connectivity index (χ2v) is 8.51. The molecule has 0 saturated heterocycles. The summed E-state index contributed by atoms with van der Waals surface area (Å²) in [6.07, 6.45) is 3.46. The van der Waals surface area contributed by atoms with E-state index in [1.807, 2.05) is 60.7 Å². The van der Waals surface area contributed by atoms with Crippen LogP contribution in [0.3, 0.4) is 0 Å². The van der Waals surface area contributed by atoms with Crippen molar-refractivity contribution in [3.05, 3.63) is 78.0 Å². The Kier molecular flexibility index (Phi) is 6.98. The molecule has 0 unspecified atom stereocenters. The van der Waals surface area contributed by atoms with Gasteiger partial charge in [-0.05, 0) is 30.5 Å². The molecule has 4 N–H and O–H groups in total. The lowest BCUT2D eigenvalue weighted by Crippen LogP contribution is -2.53. The summed E-state index contributed by atoms with van der Waals surface area (Å²) in [7, 11) is 0. The molecule has 1 fully saturated rings. The molecule has 3 atom stereocenters. The Bertz CT molecular complexity index is 1150. The molecular formula is C26H28N4O3. The van der Waals surface area contributed by atoms with Crippen LogP contribution in [0.5, 0.6) is 0 Å². The molecule has 1 saturated carbocycles. The average Bonchev–Trinajstić information content (AvgIpc) is 2.84. The molecule has 0 radical (unpaired) electrons. The van der Waals surface area contributed by atoms with Crippen LogP contribution in [-0.4, -0.2) is 34.8 Å². The van der Waals surface area contributed by atoms with E-state index in [0.29, 0.717) is 25.0 Å². The molecule has 0 bridgehead atoms. The summed E-state index contributed by atoms with van der Waals surface area (Å²) >= 11 is 0. The molecule has 1 aromatic heterocycles. The van der Waals surface area contributed by atoms with Crippen LogP contribution in [0.15, 0.2) is 66.7 Å². The zero-order valence-electron chi connectivity index (χ0n) is 18.4. The van der Waals surface area contributed by atoms with E-state index in [-0.39, 0.29) is 17.9 Å². The fraction of sp³-hybridized carbons (Fsp3) is 0.308.